The van der Waals surface area contributed by atoms with E-state index in [-0.39, 0.29) is 12.3 Å². The summed E-state index contributed by atoms with van der Waals surface area (Å²) in [6.07, 6.45) is 0. The predicted octanol–water partition coefficient (Wildman–Crippen LogP) is 5.23. The molecule has 0 radical (unpaired) electrons. The molecule has 3 aromatic carbocycles. The second kappa shape index (κ2) is 10.4. The van der Waals surface area contributed by atoms with Crippen LogP contribution in [0.1, 0.15) is 22.8 Å². The molecule has 34 heavy (non-hydrogen) atoms. The Labute approximate surface area is 195 Å². The third-order valence-electron chi connectivity index (χ3n) is 5.02. The Morgan fingerprint density at radius 2 is 1.56 bits per heavy atom. The number of hydrogen-bond donors (Lipinski definition) is 3. The summed E-state index contributed by atoms with van der Waals surface area (Å²) in [7, 11) is 0. The smallest absolute Gasteiger partial charge is 0.362 e. The first-order valence-electron chi connectivity index (χ1n) is 10.7. The minimum Gasteiger partial charge on any atom is -0.462 e. The van der Waals surface area contributed by atoms with Gasteiger partial charge in [0, 0.05) is 17.6 Å². The van der Waals surface area contributed by atoms with E-state index in [1.807, 2.05) is 42.5 Å². The van der Waals surface area contributed by atoms with Crippen LogP contribution in [0, 0.1) is 0 Å². The Hall–Kier alpha value is -4.59. The fraction of sp³-hybridized carbons (Fsp3) is 0.115. The molecule has 3 N–H and O–H groups in total. The number of carbonyl (C=O) groups excluding carboxylic acids is 2. The van der Waals surface area contributed by atoms with Gasteiger partial charge in [0.1, 0.15) is 5.58 Å². The molecule has 0 spiro atoms. The van der Waals surface area contributed by atoms with Crippen LogP contribution in [-0.4, -0.2) is 18.6 Å². The highest BCUT2D eigenvalue weighted by molar-refractivity contribution is 6.05. The minimum atomic E-state index is -0.679. The quantitative estimate of drug-likeness (QED) is 0.259. The topological polar surface area (TPSA) is 110 Å². The van der Waals surface area contributed by atoms with Crippen molar-refractivity contribution >= 4 is 40.0 Å². The summed E-state index contributed by atoms with van der Waals surface area (Å²) >= 11 is 0. The van der Waals surface area contributed by atoms with Crippen LogP contribution in [-0.2, 0) is 11.3 Å². The summed E-state index contributed by atoms with van der Waals surface area (Å²) in [6, 6.07) is 22.4. The second-order valence-electron chi connectivity index (χ2n) is 7.35. The van der Waals surface area contributed by atoms with Crippen LogP contribution in [0.4, 0.5) is 21.9 Å². The number of rotatable bonds is 7. The van der Waals surface area contributed by atoms with Crippen LogP contribution < -0.4 is 21.6 Å². The highest BCUT2D eigenvalue weighted by Crippen LogP contribution is 2.29. The maximum absolute atomic E-state index is 12.7. The molecule has 1 heterocycles. The molecule has 172 valence electrons. The van der Waals surface area contributed by atoms with E-state index < -0.39 is 17.6 Å². The van der Waals surface area contributed by atoms with Crippen molar-refractivity contribution in [2.75, 3.05) is 22.6 Å². The summed E-state index contributed by atoms with van der Waals surface area (Å²) in [6.45, 7) is 2.45. The van der Waals surface area contributed by atoms with Crippen molar-refractivity contribution < 1.29 is 18.7 Å². The highest BCUT2D eigenvalue weighted by Gasteiger charge is 2.17. The summed E-state index contributed by atoms with van der Waals surface area (Å²) in [5.41, 5.74) is 2.01. The molecule has 8 nitrogen and oxygen atoms in total. The van der Waals surface area contributed by atoms with Crippen molar-refractivity contribution in [3.05, 3.63) is 100 Å². The number of esters is 1. The second-order valence-corrected chi connectivity index (χ2v) is 7.35. The number of urea groups is 1. The van der Waals surface area contributed by atoms with E-state index in [2.05, 4.69) is 16.0 Å². The van der Waals surface area contributed by atoms with Crippen LogP contribution in [0.2, 0.25) is 0 Å². The number of fused-ring (bicyclic) bond motifs is 1. The monoisotopic (exact) mass is 457 g/mol. The molecule has 0 saturated carbocycles. The molecule has 0 atom stereocenters. The summed E-state index contributed by atoms with van der Waals surface area (Å²) < 4.78 is 10.4. The molecule has 1 aromatic heterocycles. The standard InChI is InChI=1S/C26H23N3O5/c1-2-33-24(30)18-12-14-19(15-13-18)28-26(32)29-23-22(27-16-17-8-4-3-5-9-17)20-10-6-7-11-21(20)34-25(23)31/h3-15,27H,2,16H2,1H3,(H2,28,29,32). The molecule has 0 fully saturated rings. The summed E-state index contributed by atoms with van der Waals surface area (Å²) in [5.74, 6) is -0.443. The van der Waals surface area contributed by atoms with Gasteiger partial charge in [-0.1, -0.05) is 42.5 Å². The van der Waals surface area contributed by atoms with E-state index >= 15 is 0 Å². The normalized spacial score (nSPS) is 10.5. The highest BCUT2D eigenvalue weighted by atomic mass is 16.5. The lowest BCUT2D eigenvalue weighted by molar-refractivity contribution is 0.0526. The number of ether oxygens (including phenoxy) is 1. The average molecular weight is 457 g/mol. The van der Waals surface area contributed by atoms with Crippen molar-refractivity contribution in [2.45, 2.75) is 13.5 Å². The van der Waals surface area contributed by atoms with Crippen LogP contribution in [0.5, 0.6) is 0 Å². The first-order valence-corrected chi connectivity index (χ1v) is 10.7. The van der Waals surface area contributed by atoms with Gasteiger partial charge in [-0.25, -0.2) is 14.4 Å². The predicted molar refractivity (Wildman–Crippen MR) is 131 cm³/mol. The van der Waals surface area contributed by atoms with Gasteiger partial charge in [-0.15, -0.1) is 0 Å². The molecule has 8 heteroatoms. The molecule has 4 rings (SSSR count). The van der Waals surface area contributed by atoms with Crippen molar-refractivity contribution in [1.82, 2.24) is 0 Å². The lowest BCUT2D eigenvalue weighted by Gasteiger charge is -2.15. The van der Waals surface area contributed by atoms with Gasteiger partial charge >= 0.3 is 17.6 Å². The van der Waals surface area contributed by atoms with Crippen molar-refractivity contribution in [3.8, 4) is 0 Å². The summed E-state index contributed by atoms with van der Waals surface area (Å²) in [5, 5.41) is 9.18. The molecule has 4 aromatic rings. The Morgan fingerprint density at radius 3 is 2.29 bits per heavy atom. The van der Waals surface area contributed by atoms with E-state index in [1.54, 1.807) is 43.3 Å². The molecule has 0 saturated heterocycles. The van der Waals surface area contributed by atoms with Gasteiger partial charge in [-0.2, -0.15) is 0 Å². The Kier molecular flexibility index (Phi) is 6.88. The largest absolute Gasteiger partial charge is 0.462 e. The van der Waals surface area contributed by atoms with Gasteiger partial charge in [-0.05, 0) is 48.9 Å². The number of benzene rings is 3. The van der Waals surface area contributed by atoms with E-state index in [1.165, 1.54) is 0 Å². The number of nitrogens with one attached hydrogen (secondary N) is 3. The van der Waals surface area contributed by atoms with Crippen molar-refractivity contribution in [3.63, 3.8) is 0 Å². The molecule has 0 aliphatic rings. The van der Waals surface area contributed by atoms with E-state index in [0.29, 0.717) is 34.5 Å². The molecular formula is C26H23N3O5. The van der Waals surface area contributed by atoms with E-state index in [9.17, 15) is 14.4 Å². The Bertz CT molecular complexity index is 1370. The van der Waals surface area contributed by atoms with Crippen molar-refractivity contribution in [2.24, 2.45) is 0 Å². The number of hydrogen-bond acceptors (Lipinski definition) is 6. The zero-order valence-corrected chi connectivity index (χ0v) is 18.5. The Morgan fingerprint density at radius 1 is 0.853 bits per heavy atom. The van der Waals surface area contributed by atoms with Crippen molar-refractivity contribution in [1.29, 1.82) is 0 Å². The summed E-state index contributed by atoms with van der Waals surface area (Å²) in [4.78, 5) is 37.2. The number of anilines is 3. The fourth-order valence-corrected chi connectivity index (χ4v) is 3.41. The van der Waals surface area contributed by atoms with Gasteiger partial charge in [0.15, 0.2) is 5.69 Å². The van der Waals surface area contributed by atoms with Gasteiger partial charge in [0.25, 0.3) is 0 Å². The molecule has 2 amide bonds. The third-order valence-corrected chi connectivity index (χ3v) is 5.02. The average Bonchev–Trinajstić information content (AvgIpc) is 2.85. The first-order chi connectivity index (χ1) is 16.5. The Balaban J connectivity index is 1.57. The van der Waals surface area contributed by atoms with E-state index in [0.717, 1.165) is 5.56 Å². The number of carbonyl (C=O) groups is 2. The number of para-hydroxylation sites is 1. The molecule has 0 aliphatic carbocycles. The van der Waals surface area contributed by atoms with Crippen LogP contribution in [0.25, 0.3) is 11.0 Å². The van der Waals surface area contributed by atoms with Gasteiger partial charge < -0.3 is 19.8 Å². The zero-order chi connectivity index (χ0) is 23.9. The maximum Gasteiger partial charge on any atom is 0.362 e. The molecule has 0 unspecified atom stereocenters. The minimum absolute atomic E-state index is 0.00438. The maximum atomic E-state index is 12.7. The SMILES string of the molecule is CCOC(=O)c1ccc(NC(=O)Nc2c(NCc3ccccc3)c3ccccc3oc2=O)cc1. The lowest BCUT2D eigenvalue weighted by atomic mass is 10.1. The lowest BCUT2D eigenvalue weighted by Crippen LogP contribution is -2.24. The number of amides is 2. The van der Waals surface area contributed by atoms with Crippen LogP contribution >= 0.6 is 0 Å². The van der Waals surface area contributed by atoms with E-state index in [4.69, 9.17) is 9.15 Å². The van der Waals surface area contributed by atoms with Gasteiger partial charge in [0.2, 0.25) is 0 Å². The third kappa shape index (κ3) is 5.24. The van der Waals surface area contributed by atoms with Gasteiger partial charge in [0.05, 0.1) is 17.9 Å². The van der Waals surface area contributed by atoms with Gasteiger partial charge in [-0.3, -0.25) is 5.32 Å². The van der Waals surface area contributed by atoms with Crippen LogP contribution in [0.15, 0.2) is 88.1 Å². The first kappa shape index (κ1) is 22.6. The molecule has 0 aliphatic heterocycles. The molecular weight excluding hydrogens is 434 g/mol. The van der Waals surface area contributed by atoms with Crippen LogP contribution in [0.3, 0.4) is 0 Å². The fourth-order valence-electron chi connectivity index (χ4n) is 3.41. The molecule has 0 bridgehead atoms. The zero-order valence-electron chi connectivity index (χ0n) is 18.5.